The van der Waals surface area contributed by atoms with Crippen LogP contribution < -0.4 is 5.32 Å². The number of amidine groups is 2. The van der Waals surface area contributed by atoms with Crippen LogP contribution in [0.1, 0.15) is 22.9 Å². The van der Waals surface area contributed by atoms with E-state index in [4.69, 9.17) is 14.4 Å². The normalized spacial score (nSPS) is 14.4. The topological polar surface area (TPSA) is 49.9 Å². The van der Waals surface area contributed by atoms with Crippen LogP contribution in [0.3, 0.4) is 0 Å². The zero-order chi connectivity index (χ0) is 36.3. The second-order valence-corrected chi connectivity index (χ2v) is 14.2. The maximum absolute atomic E-state index is 6.77. The minimum absolute atomic E-state index is 0.434. The van der Waals surface area contributed by atoms with Crippen molar-refractivity contribution in [1.82, 2.24) is 5.32 Å². The second-order valence-electron chi connectivity index (χ2n) is 14.2. The van der Waals surface area contributed by atoms with Crippen LogP contribution >= 0.6 is 0 Å². The van der Waals surface area contributed by atoms with Gasteiger partial charge in [0.05, 0.1) is 0 Å². The fourth-order valence-electron chi connectivity index (χ4n) is 8.25. The average Bonchev–Trinajstić information content (AvgIpc) is 3.65. The van der Waals surface area contributed by atoms with E-state index in [1.54, 1.807) is 0 Å². The second kappa shape index (κ2) is 12.7. The van der Waals surface area contributed by atoms with Crippen LogP contribution in [0.25, 0.3) is 76.5 Å². The van der Waals surface area contributed by atoms with Gasteiger partial charge in [-0.2, -0.15) is 0 Å². The van der Waals surface area contributed by atoms with Crippen molar-refractivity contribution in [2.45, 2.75) is 6.17 Å². The Balaban J connectivity index is 1.08. The van der Waals surface area contributed by atoms with Crippen LogP contribution in [-0.4, -0.2) is 11.7 Å². The fraction of sp³-hybridized carbons (Fsp3) is 0.0196. The molecule has 11 rings (SSSR count). The predicted octanol–water partition coefficient (Wildman–Crippen LogP) is 12.9. The van der Waals surface area contributed by atoms with Gasteiger partial charge in [0.15, 0.2) is 5.84 Å². The smallest absolute Gasteiger partial charge is 0.159 e. The van der Waals surface area contributed by atoms with E-state index >= 15 is 0 Å². The van der Waals surface area contributed by atoms with E-state index in [1.807, 2.05) is 6.07 Å². The molecule has 2 heterocycles. The van der Waals surface area contributed by atoms with Gasteiger partial charge in [-0.25, -0.2) is 9.98 Å². The third-order valence-corrected chi connectivity index (χ3v) is 10.9. The first-order valence-corrected chi connectivity index (χ1v) is 18.7. The first-order chi connectivity index (χ1) is 27.2. The highest BCUT2D eigenvalue weighted by Gasteiger charge is 2.26. The van der Waals surface area contributed by atoms with Crippen molar-refractivity contribution < 1.29 is 4.42 Å². The number of rotatable bonds is 5. The summed E-state index contributed by atoms with van der Waals surface area (Å²) in [5.41, 5.74) is 9.24. The van der Waals surface area contributed by atoms with Crippen LogP contribution in [0, 0.1) is 0 Å². The van der Waals surface area contributed by atoms with Crippen molar-refractivity contribution in [1.29, 1.82) is 0 Å². The van der Waals surface area contributed by atoms with E-state index in [1.165, 1.54) is 32.5 Å². The van der Waals surface area contributed by atoms with Gasteiger partial charge < -0.3 is 9.73 Å². The molecular weight excluding hydrogens is 671 g/mol. The molecule has 9 aromatic carbocycles. The highest BCUT2D eigenvalue weighted by atomic mass is 16.3. The van der Waals surface area contributed by atoms with Gasteiger partial charge in [-0.05, 0) is 61.1 Å². The van der Waals surface area contributed by atoms with E-state index < -0.39 is 6.17 Å². The van der Waals surface area contributed by atoms with Crippen LogP contribution in [-0.2, 0) is 0 Å². The van der Waals surface area contributed by atoms with Gasteiger partial charge >= 0.3 is 0 Å². The van der Waals surface area contributed by atoms with E-state index in [0.717, 1.165) is 66.5 Å². The summed E-state index contributed by atoms with van der Waals surface area (Å²) in [6, 6.07) is 66.3. The summed E-state index contributed by atoms with van der Waals surface area (Å²) in [5, 5.41) is 13.1. The number of para-hydroxylation sites is 1. The van der Waals surface area contributed by atoms with Crippen molar-refractivity contribution >= 4 is 65.9 Å². The summed E-state index contributed by atoms with van der Waals surface area (Å²) < 4.78 is 6.77. The van der Waals surface area contributed by atoms with E-state index in [9.17, 15) is 0 Å². The Morgan fingerprint density at radius 3 is 1.82 bits per heavy atom. The summed E-state index contributed by atoms with van der Waals surface area (Å²) in [6.45, 7) is 0. The van der Waals surface area contributed by atoms with Crippen LogP contribution in [0.4, 0.5) is 0 Å². The lowest BCUT2D eigenvalue weighted by atomic mass is 9.93. The number of aliphatic imine (C=N–C) groups is 2. The fourth-order valence-corrected chi connectivity index (χ4v) is 8.25. The minimum atomic E-state index is -0.434. The Bertz CT molecular complexity index is 3180. The number of benzene rings is 9. The molecule has 0 spiro atoms. The number of fused-ring (bicyclic) bond motifs is 6. The molecule has 4 heteroatoms. The SMILES string of the molecule is c1ccc2cc(C3=NC(c4ccc(-c5cccc6ccccc56)c5oc6ccccc6c45)NC(c4ccc(-c5cccc6ccccc56)cc4)=N3)ccc2c1. The van der Waals surface area contributed by atoms with Gasteiger partial charge in [0.25, 0.3) is 0 Å². The first kappa shape index (κ1) is 31.2. The van der Waals surface area contributed by atoms with Gasteiger partial charge in [0, 0.05) is 33.0 Å². The molecule has 4 nitrogen and oxygen atoms in total. The highest BCUT2D eigenvalue weighted by molar-refractivity contribution is 6.16. The molecule has 258 valence electrons. The van der Waals surface area contributed by atoms with Gasteiger partial charge in [-0.1, -0.05) is 176 Å². The number of nitrogens with zero attached hydrogens (tertiary/aromatic N) is 2. The third kappa shape index (κ3) is 5.30. The Morgan fingerprint density at radius 1 is 0.436 bits per heavy atom. The zero-order valence-corrected chi connectivity index (χ0v) is 29.8. The third-order valence-electron chi connectivity index (χ3n) is 10.9. The molecule has 0 radical (unpaired) electrons. The van der Waals surface area contributed by atoms with Crippen LogP contribution in [0.15, 0.2) is 202 Å². The van der Waals surface area contributed by atoms with Crippen LogP contribution in [0.2, 0.25) is 0 Å². The highest BCUT2D eigenvalue weighted by Crippen LogP contribution is 2.42. The summed E-state index contributed by atoms with van der Waals surface area (Å²) >= 11 is 0. The van der Waals surface area contributed by atoms with Crippen molar-refractivity contribution in [2.24, 2.45) is 9.98 Å². The number of hydrogen-bond acceptors (Lipinski definition) is 4. The summed E-state index contributed by atoms with van der Waals surface area (Å²) in [5.74, 6) is 1.45. The lowest BCUT2D eigenvalue weighted by molar-refractivity contribution is 0.663. The molecule has 0 saturated heterocycles. The standard InChI is InChI=1S/C51H33N3O/c1-2-14-37-31-38(28-23-32(37)11-1)50-52-49(36-26-24-35(25-27-36)40-20-9-15-33-12-3-5-17-39(33)40)53-51(54-50)45-30-29-43(42-21-10-16-34-13-4-6-18-41(34)42)48-47(45)44-19-7-8-22-46(44)55-48/h1-31,51H,(H,52,53,54). The molecular formula is C51H33N3O. The Hall–Kier alpha value is -7.30. The summed E-state index contributed by atoms with van der Waals surface area (Å²) in [4.78, 5) is 10.6. The number of hydrogen-bond donors (Lipinski definition) is 1. The average molecular weight is 704 g/mol. The number of furan rings is 1. The minimum Gasteiger partial charge on any atom is -0.455 e. The molecule has 0 bridgehead atoms. The molecule has 0 amide bonds. The lowest BCUT2D eigenvalue weighted by Crippen LogP contribution is -2.33. The molecule has 1 unspecified atom stereocenters. The predicted molar refractivity (Wildman–Crippen MR) is 229 cm³/mol. The monoisotopic (exact) mass is 703 g/mol. The van der Waals surface area contributed by atoms with E-state index in [2.05, 4.69) is 187 Å². The van der Waals surface area contributed by atoms with Gasteiger partial charge in [0.2, 0.25) is 0 Å². The van der Waals surface area contributed by atoms with Gasteiger partial charge in [0.1, 0.15) is 23.2 Å². The Morgan fingerprint density at radius 2 is 1.04 bits per heavy atom. The molecule has 55 heavy (non-hydrogen) atoms. The maximum Gasteiger partial charge on any atom is 0.159 e. The summed E-state index contributed by atoms with van der Waals surface area (Å²) in [7, 11) is 0. The molecule has 0 fully saturated rings. The Kier molecular flexibility index (Phi) is 7.20. The number of nitrogens with one attached hydrogen (secondary N) is 1. The molecule has 1 N–H and O–H groups in total. The molecule has 0 saturated carbocycles. The van der Waals surface area contributed by atoms with Crippen molar-refractivity contribution in [3.63, 3.8) is 0 Å². The zero-order valence-electron chi connectivity index (χ0n) is 29.8. The maximum atomic E-state index is 6.77. The molecule has 10 aromatic rings. The summed E-state index contributed by atoms with van der Waals surface area (Å²) in [6.07, 6.45) is -0.434. The van der Waals surface area contributed by atoms with Crippen molar-refractivity contribution in [3.05, 3.63) is 205 Å². The van der Waals surface area contributed by atoms with Gasteiger partial charge in [-0.15, -0.1) is 0 Å². The quantitative estimate of drug-likeness (QED) is 0.194. The van der Waals surface area contributed by atoms with E-state index in [-0.39, 0.29) is 0 Å². The van der Waals surface area contributed by atoms with Crippen molar-refractivity contribution in [2.75, 3.05) is 0 Å². The molecule has 1 aliphatic heterocycles. The first-order valence-electron chi connectivity index (χ1n) is 18.7. The molecule has 1 aliphatic rings. The molecule has 0 aliphatic carbocycles. The van der Waals surface area contributed by atoms with Crippen LogP contribution in [0.5, 0.6) is 0 Å². The van der Waals surface area contributed by atoms with Crippen molar-refractivity contribution in [3.8, 4) is 22.3 Å². The van der Waals surface area contributed by atoms with E-state index in [0.29, 0.717) is 5.84 Å². The molecule has 1 atom stereocenters. The molecule has 1 aromatic heterocycles. The Labute approximate surface area is 317 Å². The lowest BCUT2D eigenvalue weighted by Gasteiger charge is -2.25. The van der Waals surface area contributed by atoms with Gasteiger partial charge in [-0.3, -0.25) is 0 Å². The largest absolute Gasteiger partial charge is 0.455 e.